The highest BCUT2D eigenvalue weighted by molar-refractivity contribution is 7.09. The van der Waals surface area contributed by atoms with Crippen LogP contribution in [0.25, 0.3) is 16.9 Å². The second kappa shape index (κ2) is 8.77. The summed E-state index contributed by atoms with van der Waals surface area (Å²) in [6.07, 6.45) is 3.84. The number of ether oxygens (including phenoxy) is 1. The van der Waals surface area contributed by atoms with Crippen molar-refractivity contribution in [1.82, 2.24) is 19.7 Å². The van der Waals surface area contributed by atoms with E-state index in [9.17, 15) is 4.39 Å². The van der Waals surface area contributed by atoms with Crippen molar-refractivity contribution in [2.24, 2.45) is 0 Å². The molecule has 0 saturated carbocycles. The molecule has 0 bridgehead atoms. The molecule has 0 spiro atoms. The summed E-state index contributed by atoms with van der Waals surface area (Å²) < 4.78 is 21.3. The number of benzene rings is 2. The van der Waals surface area contributed by atoms with Gasteiger partial charge < -0.3 is 4.74 Å². The second-order valence-electron chi connectivity index (χ2n) is 7.18. The van der Waals surface area contributed by atoms with E-state index in [2.05, 4.69) is 22.9 Å². The lowest BCUT2D eigenvalue weighted by atomic mass is 10.1. The predicted molar refractivity (Wildman–Crippen MR) is 118 cm³/mol. The number of nitrogens with zero attached hydrogens (tertiary/aromatic N) is 4. The summed E-state index contributed by atoms with van der Waals surface area (Å²) in [6, 6.07) is 13.0. The Hall–Kier alpha value is -3.03. The Kier molecular flexibility index (Phi) is 5.92. The molecule has 0 aliphatic rings. The van der Waals surface area contributed by atoms with Crippen molar-refractivity contribution in [3.8, 4) is 22.7 Å². The minimum Gasteiger partial charge on any atom is -0.494 e. The van der Waals surface area contributed by atoms with E-state index in [0.717, 1.165) is 39.6 Å². The van der Waals surface area contributed by atoms with Gasteiger partial charge >= 0.3 is 0 Å². The number of hydrogen-bond donors (Lipinski definition) is 0. The van der Waals surface area contributed by atoms with Gasteiger partial charge in [-0.05, 0) is 43.8 Å². The Morgan fingerprint density at radius 2 is 2.00 bits per heavy atom. The summed E-state index contributed by atoms with van der Waals surface area (Å²) in [5.41, 5.74) is 4.61. The van der Waals surface area contributed by atoms with Crippen molar-refractivity contribution < 1.29 is 9.13 Å². The Balaban J connectivity index is 1.73. The standard InChI is InChI=1S/C23H23FN4OS/c1-16-6-4-5-7-20(16)28-14-18(13-27(2)15-22-25-10-11-30-22)23(26-28)17-8-9-21(29-3)19(24)12-17/h4-12,14H,13,15H2,1-3H3. The lowest BCUT2D eigenvalue weighted by Crippen LogP contribution is -2.17. The lowest BCUT2D eigenvalue weighted by Gasteiger charge is -2.15. The molecule has 0 saturated heterocycles. The van der Waals surface area contributed by atoms with Crippen LogP contribution in [-0.2, 0) is 13.1 Å². The fraction of sp³-hybridized carbons (Fsp3) is 0.217. The number of para-hydroxylation sites is 1. The van der Waals surface area contributed by atoms with E-state index in [1.54, 1.807) is 17.4 Å². The molecule has 0 aliphatic heterocycles. The third-order valence-electron chi connectivity index (χ3n) is 4.91. The van der Waals surface area contributed by atoms with Crippen LogP contribution in [0.15, 0.2) is 60.2 Å². The van der Waals surface area contributed by atoms with Crippen LogP contribution in [0.2, 0.25) is 0 Å². The van der Waals surface area contributed by atoms with Crippen molar-refractivity contribution in [2.45, 2.75) is 20.0 Å². The molecule has 7 heteroatoms. The average Bonchev–Trinajstić information content (AvgIpc) is 3.38. The Morgan fingerprint density at radius 3 is 2.70 bits per heavy atom. The number of aromatic nitrogens is 3. The molecule has 0 unspecified atom stereocenters. The first-order valence-corrected chi connectivity index (χ1v) is 10.5. The summed E-state index contributed by atoms with van der Waals surface area (Å²) in [7, 11) is 3.51. The molecule has 0 amide bonds. The van der Waals surface area contributed by atoms with Crippen LogP contribution in [0, 0.1) is 12.7 Å². The van der Waals surface area contributed by atoms with E-state index in [4.69, 9.17) is 9.84 Å². The molecular weight excluding hydrogens is 399 g/mol. The zero-order valence-electron chi connectivity index (χ0n) is 17.2. The first kappa shape index (κ1) is 20.3. The summed E-state index contributed by atoms with van der Waals surface area (Å²) in [5, 5.41) is 7.86. The van der Waals surface area contributed by atoms with Gasteiger partial charge in [0.15, 0.2) is 11.6 Å². The van der Waals surface area contributed by atoms with Gasteiger partial charge in [0.1, 0.15) is 5.01 Å². The molecule has 30 heavy (non-hydrogen) atoms. The van der Waals surface area contributed by atoms with Gasteiger partial charge in [0, 0.05) is 35.4 Å². The van der Waals surface area contributed by atoms with Crippen LogP contribution in [0.5, 0.6) is 5.75 Å². The molecule has 0 aliphatic carbocycles. The van der Waals surface area contributed by atoms with Gasteiger partial charge in [-0.1, -0.05) is 18.2 Å². The molecule has 0 fully saturated rings. The topological polar surface area (TPSA) is 43.2 Å². The SMILES string of the molecule is COc1ccc(-c2nn(-c3ccccc3C)cc2CN(C)Cc2nccs2)cc1F. The molecule has 4 aromatic rings. The van der Waals surface area contributed by atoms with Crippen LogP contribution in [0.3, 0.4) is 0 Å². The van der Waals surface area contributed by atoms with Crippen LogP contribution in [0.4, 0.5) is 4.39 Å². The quantitative estimate of drug-likeness (QED) is 0.416. The maximum Gasteiger partial charge on any atom is 0.165 e. The first-order chi connectivity index (χ1) is 14.5. The Bertz CT molecular complexity index is 1140. The van der Waals surface area contributed by atoms with Gasteiger partial charge in [0.2, 0.25) is 0 Å². The molecule has 2 heterocycles. The molecule has 0 radical (unpaired) electrons. The zero-order valence-corrected chi connectivity index (χ0v) is 18.0. The lowest BCUT2D eigenvalue weighted by molar-refractivity contribution is 0.319. The maximum absolute atomic E-state index is 14.4. The number of thiazole rings is 1. The van der Waals surface area contributed by atoms with Crippen molar-refractivity contribution >= 4 is 11.3 Å². The van der Waals surface area contributed by atoms with Gasteiger partial charge in [-0.3, -0.25) is 4.90 Å². The van der Waals surface area contributed by atoms with E-state index in [1.165, 1.54) is 13.2 Å². The number of halogens is 1. The largest absolute Gasteiger partial charge is 0.494 e. The highest BCUT2D eigenvalue weighted by Crippen LogP contribution is 2.29. The van der Waals surface area contributed by atoms with E-state index >= 15 is 0 Å². The van der Waals surface area contributed by atoms with E-state index in [0.29, 0.717) is 6.54 Å². The summed E-state index contributed by atoms with van der Waals surface area (Å²) in [5.74, 6) is -0.179. The Morgan fingerprint density at radius 1 is 1.17 bits per heavy atom. The molecule has 2 aromatic carbocycles. The van der Waals surface area contributed by atoms with Crippen molar-refractivity contribution in [3.05, 3.63) is 82.2 Å². The van der Waals surface area contributed by atoms with E-state index < -0.39 is 5.82 Å². The van der Waals surface area contributed by atoms with Gasteiger partial charge in [-0.15, -0.1) is 11.3 Å². The average molecular weight is 423 g/mol. The van der Waals surface area contributed by atoms with Gasteiger partial charge in [-0.25, -0.2) is 14.1 Å². The second-order valence-corrected chi connectivity index (χ2v) is 8.16. The van der Waals surface area contributed by atoms with Crippen LogP contribution in [-0.4, -0.2) is 33.8 Å². The fourth-order valence-electron chi connectivity index (χ4n) is 3.43. The van der Waals surface area contributed by atoms with Crippen LogP contribution in [0.1, 0.15) is 16.1 Å². The van der Waals surface area contributed by atoms with E-state index in [-0.39, 0.29) is 5.75 Å². The molecule has 2 aromatic heterocycles. The molecule has 0 N–H and O–H groups in total. The van der Waals surface area contributed by atoms with Crippen molar-refractivity contribution in [2.75, 3.05) is 14.2 Å². The maximum atomic E-state index is 14.4. The molecule has 154 valence electrons. The molecule has 0 atom stereocenters. The number of rotatable bonds is 7. The monoisotopic (exact) mass is 422 g/mol. The highest BCUT2D eigenvalue weighted by Gasteiger charge is 2.17. The number of methoxy groups -OCH3 is 1. The van der Waals surface area contributed by atoms with Gasteiger partial charge in [0.25, 0.3) is 0 Å². The first-order valence-electron chi connectivity index (χ1n) is 9.60. The fourth-order valence-corrected chi connectivity index (χ4v) is 4.13. The molecule has 5 nitrogen and oxygen atoms in total. The van der Waals surface area contributed by atoms with Gasteiger partial charge in [0.05, 0.1) is 25.0 Å². The number of hydrogen-bond acceptors (Lipinski definition) is 5. The minimum atomic E-state index is -0.400. The van der Waals surface area contributed by atoms with Crippen molar-refractivity contribution in [3.63, 3.8) is 0 Å². The molecular formula is C23H23FN4OS. The summed E-state index contributed by atoms with van der Waals surface area (Å²) >= 11 is 1.64. The van der Waals surface area contributed by atoms with Gasteiger partial charge in [-0.2, -0.15) is 5.10 Å². The molecule has 4 rings (SSSR count). The minimum absolute atomic E-state index is 0.222. The summed E-state index contributed by atoms with van der Waals surface area (Å²) in [4.78, 5) is 6.55. The Labute approximate surface area is 179 Å². The van der Waals surface area contributed by atoms with Crippen LogP contribution >= 0.6 is 11.3 Å². The summed E-state index contributed by atoms with van der Waals surface area (Å²) in [6.45, 7) is 3.45. The van der Waals surface area contributed by atoms with Crippen LogP contribution < -0.4 is 4.74 Å². The zero-order chi connectivity index (χ0) is 21.1. The smallest absolute Gasteiger partial charge is 0.165 e. The predicted octanol–water partition coefficient (Wildman–Crippen LogP) is 5.08. The van der Waals surface area contributed by atoms with E-state index in [1.807, 2.05) is 53.8 Å². The third-order valence-corrected chi connectivity index (χ3v) is 5.67. The van der Waals surface area contributed by atoms with Crippen molar-refractivity contribution in [1.29, 1.82) is 0 Å². The third kappa shape index (κ3) is 4.27. The number of aryl methyl sites for hydroxylation is 1. The normalized spacial score (nSPS) is 11.2. The highest BCUT2D eigenvalue weighted by atomic mass is 32.1.